The highest BCUT2D eigenvalue weighted by atomic mass is 35.5. The normalized spacial score (nSPS) is 26.3. The van der Waals surface area contributed by atoms with Gasteiger partial charge in [0.2, 0.25) is 5.91 Å². The van der Waals surface area contributed by atoms with E-state index in [9.17, 15) is 9.90 Å². The summed E-state index contributed by atoms with van der Waals surface area (Å²) in [5, 5.41) is 10.7. The zero-order valence-corrected chi connectivity index (χ0v) is 14.2. The van der Waals surface area contributed by atoms with Gasteiger partial charge < -0.3 is 10.0 Å². The third kappa shape index (κ3) is 4.25. The van der Waals surface area contributed by atoms with Crippen LogP contribution in [0, 0.1) is 5.92 Å². The van der Waals surface area contributed by atoms with Gasteiger partial charge in [0.1, 0.15) is 0 Å². The number of nitrogens with zero attached hydrogens (tertiary/aromatic N) is 2. The summed E-state index contributed by atoms with van der Waals surface area (Å²) in [6.45, 7) is 4.34. The standard InChI is InChI=1S/C18H25ClN2O2/c19-15-7-5-14(6-8-15)13-20-9-2-10-21(12-11-20)18(23)16-3-1-4-17(16)22/h5-8,16-17,22H,1-4,9-13H2. The molecule has 5 heteroatoms. The third-order valence-electron chi connectivity index (χ3n) is 5.02. The van der Waals surface area contributed by atoms with Gasteiger partial charge in [-0.15, -0.1) is 0 Å². The number of aliphatic hydroxyl groups excluding tert-OH is 1. The average Bonchev–Trinajstić information content (AvgIpc) is 2.84. The van der Waals surface area contributed by atoms with Crippen molar-refractivity contribution in [1.82, 2.24) is 9.80 Å². The predicted molar refractivity (Wildman–Crippen MR) is 91.3 cm³/mol. The fourth-order valence-electron chi connectivity index (χ4n) is 3.66. The van der Waals surface area contributed by atoms with E-state index in [1.807, 2.05) is 17.0 Å². The minimum absolute atomic E-state index is 0.156. The van der Waals surface area contributed by atoms with Gasteiger partial charge in [-0.2, -0.15) is 0 Å². The fourth-order valence-corrected chi connectivity index (χ4v) is 3.79. The number of amides is 1. The van der Waals surface area contributed by atoms with E-state index < -0.39 is 6.10 Å². The summed E-state index contributed by atoms with van der Waals surface area (Å²) in [4.78, 5) is 16.9. The summed E-state index contributed by atoms with van der Waals surface area (Å²) in [6.07, 6.45) is 3.13. The van der Waals surface area contributed by atoms with Crippen molar-refractivity contribution in [3.05, 3.63) is 34.9 Å². The minimum atomic E-state index is -0.434. The second kappa shape index (κ2) is 7.65. The largest absolute Gasteiger partial charge is 0.392 e. The third-order valence-corrected chi connectivity index (χ3v) is 5.27. The van der Waals surface area contributed by atoms with E-state index in [1.54, 1.807) is 0 Å². The predicted octanol–water partition coefficient (Wildman–Crippen LogP) is 2.54. The van der Waals surface area contributed by atoms with Crippen molar-refractivity contribution in [3.63, 3.8) is 0 Å². The highest BCUT2D eigenvalue weighted by molar-refractivity contribution is 6.30. The number of hydrogen-bond donors (Lipinski definition) is 1. The van der Waals surface area contributed by atoms with E-state index in [0.29, 0.717) is 0 Å². The SMILES string of the molecule is O=C(C1CCCC1O)N1CCCN(Cc2ccc(Cl)cc2)CC1. The summed E-state index contributed by atoms with van der Waals surface area (Å²) in [5.41, 5.74) is 1.25. The average molecular weight is 337 g/mol. The van der Waals surface area contributed by atoms with Crippen LogP contribution in [0.15, 0.2) is 24.3 Å². The smallest absolute Gasteiger partial charge is 0.228 e. The lowest BCUT2D eigenvalue weighted by atomic mass is 10.0. The zero-order valence-electron chi connectivity index (χ0n) is 13.5. The quantitative estimate of drug-likeness (QED) is 0.922. The Morgan fingerprint density at radius 1 is 1.09 bits per heavy atom. The molecule has 23 heavy (non-hydrogen) atoms. The molecule has 126 valence electrons. The first-order valence-corrected chi connectivity index (χ1v) is 8.95. The van der Waals surface area contributed by atoms with Gasteiger partial charge in [0, 0.05) is 37.7 Å². The lowest BCUT2D eigenvalue weighted by molar-refractivity contribution is -0.138. The zero-order chi connectivity index (χ0) is 16.2. The van der Waals surface area contributed by atoms with Crippen LogP contribution in [0.5, 0.6) is 0 Å². The lowest BCUT2D eigenvalue weighted by Gasteiger charge is -2.26. The molecule has 1 heterocycles. The molecule has 2 aliphatic rings. The van der Waals surface area contributed by atoms with Gasteiger partial charge in [0.05, 0.1) is 12.0 Å². The van der Waals surface area contributed by atoms with Crippen LogP contribution in [0.4, 0.5) is 0 Å². The summed E-state index contributed by atoms with van der Waals surface area (Å²) in [7, 11) is 0. The van der Waals surface area contributed by atoms with Crippen LogP contribution in [0.1, 0.15) is 31.2 Å². The maximum Gasteiger partial charge on any atom is 0.228 e. The second-order valence-corrected chi connectivity index (χ2v) is 7.12. The Balaban J connectivity index is 1.54. The summed E-state index contributed by atoms with van der Waals surface area (Å²) in [5.74, 6) is -0.0128. The van der Waals surface area contributed by atoms with Gasteiger partial charge >= 0.3 is 0 Å². The molecule has 3 rings (SSSR count). The van der Waals surface area contributed by atoms with Gasteiger partial charge in [-0.3, -0.25) is 9.69 Å². The Morgan fingerprint density at radius 2 is 1.87 bits per heavy atom. The van der Waals surface area contributed by atoms with Crippen molar-refractivity contribution in [1.29, 1.82) is 0 Å². The molecule has 2 fully saturated rings. The first-order chi connectivity index (χ1) is 11.1. The van der Waals surface area contributed by atoms with Crippen molar-refractivity contribution in [2.45, 2.75) is 38.3 Å². The number of rotatable bonds is 3. The van der Waals surface area contributed by atoms with Gasteiger partial charge in [0.25, 0.3) is 0 Å². The first-order valence-electron chi connectivity index (χ1n) is 8.57. The first kappa shape index (κ1) is 16.7. The summed E-state index contributed by atoms with van der Waals surface area (Å²) >= 11 is 5.93. The second-order valence-electron chi connectivity index (χ2n) is 6.69. The van der Waals surface area contributed by atoms with Crippen molar-refractivity contribution in [2.75, 3.05) is 26.2 Å². The van der Waals surface area contributed by atoms with Crippen LogP contribution in [-0.2, 0) is 11.3 Å². The molecule has 1 aromatic rings. The number of carbonyl (C=O) groups is 1. The van der Waals surface area contributed by atoms with E-state index >= 15 is 0 Å². The van der Waals surface area contributed by atoms with E-state index in [4.69, 9.17) is 11.6 Å². The minimum Gasteiger partial charge on any atom is -0.392 e. The molecule has 1 aliphatic carbocycles. The maximum atomic E-state index is 12.6. The van der Waals surface area contributed by atoms with Crippen LogP contribution in [0.3, 0.4) is 0 Å². The maximum absolute atomic E-state index is 12.6. The van der Waals surface area contributed by atoms with Crippen LogP contribution in [0.2, 0.25) is 5.02 Å². The highest BCUT2D eigenvalue weighted by Gasteiger charge is 2.34. The van der Waals surface area contributed by atoms with Gasteiger partial charge in [-0.1, -0.05) is 23.7 Å². The molecule has 0 aromatic heterocycles. The molecule has 0 spiro atoms. The summed E-state index contributed by atoms with van der Waals surface area (Å²) < 4.78 is 0. The van der Waals surface area contributed by atoms with Crippen LogP contribution in [-0.4, -0.2) is 53.1 Å². The highest BCUT2D eigenvalue weighted by Crippen LogP contribution is 2.27. The van der Waals surface area contributed by atoms with Crippen molar-refractivity contribution < 1.29 is 9.90 Å². The van der Waals surface area contributed by atoms with E-state index in [1.165, 1.54) is 5.56 Å². The molecule has 0 radical (unpaired) electrons. The lowest BCUT2D eigenvalue weighted by Crippen LogP contribution is -2.41. The molecule has 1 saturated heterocycles. The molecule has 1 aliphatic heterocycles. The van der Waals surface area contributed by atoms with E-state index in [-0.39, 0.29) is 11.8 Å². The summed E-state index contributed by atoms with van der Waals surface area (Å²) in [6, 6.07) is 7.97. The molecule has 1 aromatic carbocycles. The van der Waals surface area contributed by atoms with Gasteiger partial charge in [0.15, 0.2) is 0 Å². The topological polar surface area (TPSA) is 43.8 Å². The van der Waals surface area contributed by atoms with Crippen LogP contribution < -0.4 is 0 Å². The Hall–Kier alpha value is -1.10. The van der Waals surface area contributed by atoms with Gasteiger partial charge in [-0.25, -0.2) is 0 Å². The molecule has 1 saturated carbocycles. The number of aliphatic hydroxyl groups is 1. The Bertz CT molecular complexity index is 534. The van der Waals surface area contributed by atoms with Crippen LogP contribution in [0.25, 0.3) is 0 Å². The molecule has 1 N–H and O–H groups in total. The number of carbonyl (C=O) groups excluding carboxylic acids is 1. The number of halogens is 1. The van der Waals surface area contributed by atoms with Crippen molar-refractivity contribution in [2.24, 2.45) is 5.92 Å². The molecular formula is C18H25ClN2O2. The van der Waals surface area contributed by atoms with Crippen molar-refractivity contribution in [3.8, 4) is 0 Å². The molecule has 2 unspecified atom stereocenters. The number of benzene rings is 1. The molecule has 2 atom stereocenters. The van der Waals surface area contributed by atoms with E-state index in [0.717, 1.165) is 63.4 Å². The molecule has 4 nitrogen and oxygen atoms in total. The van der Waals surface area contributed by atoms with Gasteiger partial charge in [-0.05, 0) is 43.4 Å². The Morgan fingerprint density at radius 3 is 2.57 bits per heavy atom. The molecule has 0 bridgehead atoms. The fraction of sp³-hybridized carbons (Fsp3) is 0.611. The Kier molecular flexibility index (Phi) is 5.57. The molecule has 1 amide bonds. The van der Waals surface area contributed by atoms with Crippen LogP contribution >= 0.6 is 11.6 Å². The monoisotopic (exact) mass is 336 g/mol. The van der Waals surface area contributed by atoms with E-state index in [2.05, 4.69) is 17.0 Å². The molecular weight excluding hydrogens is 312 g/mol. The Labute approximate surface area is 143 Å². The van der Waals surface area contributed by atoms with Crippen molar-refractivity contribution >= 4 is 17.5 Å². The number of hydrogen-bond acceptors (Lipinski definition) is 3.